The molecule has 0 heterocycles. The molecule has 0 aromatic rings. The summed E-state index contributed by atoms with van der Waals surface area (Å²) in [5.41, 5.74) is 5.76. The van der Waals surface area contributed by atoms with E-state index in [2.05, 4.69) is 39.5 Å². The molecule has 0 spiro atoms. The van der Waals surface area contributed by atoms with Crippen molar-refractivity contribution >= 4 is 5.84 Å². The van der Waals surface area contributed by atoms with Crippen molar-refractivity contribution in [2.24, 2.45) is 11.1 Å². The molecule has 90 valence electrons. The Morgan fingerprint density at radius 1 is 1.27 bits per heavy atom. The summed E-state index contributed by atoms with van der Waals surface area (Å²) in [4.78, 5) is 2.40. The molecule has 0 bridgehead atoms. The Morgan fingerprint density at radius 2 is 1.80 bits per heavy atom. The summed E-state index contributed by atoms with van der Waals surface area (Å²) in [7, 11) is 0. The predicted octanol–water partition coefficient (Wildman–Crippen LogP) is 2.46. The molecule has 0 aliphatic carbocycles. The molecule has 0 aliphatic heterocycles. The van der Waals surface area contributed by atoms with Crippen molar-refractivity contribution in [2.45, 2.75) is 53.5 Å². The summed E-state index contributed by atoms with van der Waals surface area (Å²) in [6, 6.07) is 0.534. The van der Waals surface area contributed by atoms with Gasteiger partial charge in [0.25, 0.3) is 0 Å². The SMILES string of the molecule is CC(C)N(CCC(=N)N)CCC(C)(C)C. The molecule has 0 atom stereocenters. The third-order valence-electron chi connectivity index (χ3n) is 2.55. The molecule has 3 heteroatoms. The van der Waals surface area contributed by atoms with Crippen LogP contribution in [0.1, 0.15) is 47.5 Å². The normalized spacial score (nSPS) is 12.5. The van der Waals surface area contributed by atoms with Gasteiger partial charge in [-0.25, -0.2) is 0 Å². The summed E-state index contributed by atoms with van der Waals surface area (Å²) >= 11 is 0. The van der Waals surface area contributed by atoms with Crippen LogP contribution in [0, 0.1) is 10.8 Å². The van der Waals surface area contributed by atoms with Crippen molar-refractivity contribution in [1.82, 2.24) is 4.90 Å². The first kappa shape index (κ1) is 14.4. The lowest BCUT2D eigenvalue weighted by molar-refractivity contribution is 0.193. The van der Waals surface area contributed by atoms with Crippen molar-refractivity contribution < 1.29 is 0 Å². The van der Waals surface area contributed by atoms with E-state index in [1.165, 1.54) is 6.42 Å². The van der Waals surface area contributed by atoms with Crippen LogP contribution in [0.15, 0.2) is 0 Å². The predicted molar refractivity (Wildman–Crippen MR) is 67.3 cm³/mol. The van der Waals surface area contributed by atoms with E-state index in [0.717, 1.165) is 13.1 Å². The molecule has 15 heavy (non-hydrogen) atoms. The van der Waals surface area contributed by atoms with Gasteiger partial charge in [0.2, 0.25) is 0 Å². The van der Waals surface area contributed by atoms with Crippen LogP contribution < -0.4 is 5.73 Å². The van der Waals surface area contributed by atoms with Crippen LogP contribution in [0.25, 0.3) is 0 Å². The summed E-state index contributed by atoms with van der Waals surface area (Å²) in [5, 5.41) is 7.23. The zero-order chi connectivity index (χ0) is 12.1. The molecule has 0 aromatic heterocycles. The number of hydrogen-bond donors (Lipinski definition) is 2. The number of nitrogens with two attached hydrogens (primary N) is 1. The van der Waals surface area contributed by atoms with E-state index in [0.29, 0.717) is 17.9 Å². The van der Waals surface area contributed by atoms with Gasteiger partial charge >= 0.3 is 0 Å². The number of nitrogens with zero attached hydrogens (tertiary/aromatic N) is 1. The van der Waals surface area contributed by atoms with Crippen LogP contribution in [0.3, 0.4) is 0 Å². The highest BCUT2D eigenvalue weighted by Crippen LogP contribution is 2.19. The van der Waals surface area contributed by atoms with Gasteiger partial charge in [-0.15, -0.1) is 0 Å². The van der Waals surface area contributed by atoms with E-state index in [9.17, 15) is 0 Å². The van der Waals surface area contributed by atoms with Crippen LogP contribution in [-0.2, 0) is 0 Å². The van der Waals surface area contributed by atoms with Crippen LogP contribution >= 0.6 is 0 Å². The molecule has 0 radical (unpaired) electrons. The fourth-order valence-corrected chi connectivity index (χ4v) is 1.37. The minimum absolute atomic E-state index is 0.288. The first-order valence-electron chi connectivity index (χ1n) is 5.79. The maximum Gasteiger partial charge on any atom is 0.0918 e. The second-order valence-electron chi connectivity index (χ2n) is 5.72. The zero-order valence-corrected chi connectivity index (χ0v) is 10.9. The van der Waals surface area contributed by atoms with Crippen LogP contribution in [0.4, 0.5) is 0 Å². The van der Waals surface area contributed by atoms with Crippen molar-refractivity contribution in [3.8, 4) is 0 Å². The number of amidine groups is 1. The Labute approximate surface area is 94.5 Å². The Morgan fingerprint density at radius 3 is 2.13 bits per heavy atom. The lowest BCUT2D eigenvalue weighted by atomic mass is 9.92. The van der Waals surface area contributed by atoms with Crippen LogP contribution in [0.5, 0.6) is 0 Å². The summed E-state index contributed by atoms with van der Waals surface area (Å²) in [6.45, 7) is 13.2. The van der Waals surface area contributed by atoms with E-state index in [1.54, 1.807) is 0 Å². The third kappa shape index (κ3) is 8.43. The Kier molecular flexibility index (Phi) is 5.88. The summed E-state index contributed by atoms with van der Waals surface area (Å²) in [5.74, 6) is 0.288. The van der Waals surface area contributed by atoms with E-state index >= 15 is 0 Å². The molecule has 0 unspecified atom stereocenters. The maximum absolute atomic E-state index is 7.23. The molecular formula is C12H27N3. The first-order valence-corrected chi connectivity index (χ1v) is 5.79. The molecule has 0 aliphatic rings. The molecule has 3 N–H and O–H groups in total. The molecule has 0 fully saturated rings. The van der Waals surface area contributed by atoms with Gasteiger partial charge in [0, 0.05) is 19.0 Å². The molecule has 3 nitrogen and oxygen atoms in total. The van der Waals surface area contributed by atoms with Gasteiger partial charge in [-0.1, -0.05) is 20.8 Å². The average molecular weight is 213 g/mol. The van der Waals surface area contributed by atoms with Gasteiger partial charge in [0.05, 0.1) is 5.84 Å². The average Bonchev–Trinajstić information content (AvgIpc) is 2.00. The van der Waals surface area contributed by atoms with Gasteiger partial charge in [0.1, 0.15) is 0 Å². The zero-order valence-electron chi connectivity index (χ0n) is 10.9. The monoisotopic (exact) mass is 213 g/mol. The van der Waals surface area contributed by atoms with Crippen molar-refractivity contribution in [3.05, 3.63) is 0 Å². The fraction of sp³-hybridized carbons (Fsp3) is 0.917. The summed E-state index contributed by atoms with van der Waals surface area (Å²) < 4.78 is 0. The standard InChI is InChI=1S/C12H27N3/c1-10(2)15(8-6-11(13)14)9-7-12(3,4)5/h10H,6-9H2,1-5H3,(H3,13,14). The highest BCUT2D eigenvalue weighted by molar-refractivity contribution is 5.76. The molecule has 0 rings (SSSR count). The maximum atomic E-state index is 7.23. The Balaban J connectivity index is 4.00. The topological polar surface area (TPSA) is 53.1 Å². The molecule has 0 amide bonds. The van der Waals surface area contributed by atoms with E-state index in [4.69, 9.17) is 11.1 Å². The number of hydrogen-bond acceptors (Lipinski definition) is 2. The smallest absolute Gasteiger partial charge is 0.0918 e. The van der Waals surface area contributed by atoms with Gasteiger partial charge < -0.3 is 10.6 Å². The van der Waals surface area contributed by atoms with Gasteiger partial charge in [-0.05, 0) is 32.2 Å². The number of nitrogens with one attached hydrogen (secondary N) is 1. The largest absolute Gasteiger partial charge is 0.388 e. The number of rotatable bonds is 6. The minimum Gasteiger partial charge on any atom is -0.388 e. The molecule has 0 saturated heterocycles. The van der Waals surface area contributed by atoms with E-state index in [-0.39, 0.29) is 5.84 Å². The van der Waals surface area contributed by atoms with Crippen LogP contribution in [-0.4, -0.2) is 29.9 Å². The second-order valence-corrected chi connectivity index (χ2v) is 5.72. The molecule has 0 saturated carbocycles. The highest BCUT2D eigenvalue weighted by Gasteiger charge is 2.15. The van der Waals surface area contributed by atoms with E-state index < -0.39 is 0 Å². The molecule has 0 aromatic carbocycles. The van der Waals surface area contributed by atoms with Crippen molar-refractivity contribution in [3.63, 3.8) is 0 Å². The fourth-order valence-electron chi connectivity index (χ4n) is 1.37. The van der Waals surface area contributed by atoms with E-state index in [1.807, 2.05) is 0 Å². The minimum atomic E-state index is 0.288. The third-order valence-corrected chi connectivity index (χ3v) is 2.55. The summed E-state index contributed by atoms with van der Waals surface area (Å²) in [6.07, 6.45) is 1.87. The quantitative estimate of drug-likeness (QED) is 0.526. The Bertz CT molecular complexity index is 192. The van der Waals surface area contributed by atoms with Crippen molar-refractivity contribution in [2.75, 3.05) is 13.1 Å². The van der Waals surface area contributed by atoms with Gasteiger partial charge in [0.15, 0.2) is 0 Å². The van der Waals surface area contributed by atoms with Crippen LogP contribution in [0.2, 0.25) is 0 Å². The molecular weight excluding hydrogens is 186 g/mol. The lowest BCUT2D eigenvalue weighted by Crippen LogP contribution is -2.36. The first-order chi connectivity index (χ1) is 6.72. The Hall–Kier alpha value is -0.570. The van der Waals surface area contributed by atoms with Crippen molar-refractivity contribution in [1.29, 1.82) is 5.41 Å². The van der Waals surface area contributed by atoms with Gasteiger partial charge in [-0.3, -0.25) is 5.41 Å². The highest BCUT2D eigenvalue weighted by atomic mass is 15.1. The van der Waals surface area contributed by atoms with Gasteiger partial charge in [-0.2, -0.15) is 0 Å². The second kappa shape index (κ2) is 6.11. The lowest BCUT2D eigenvalue weighted by Gasteiger charge is -2.29.